The predicted molar refractivity (Wildman–Crippen MR) is 81.9 cm³/mol. The highest BCUT2D eigenvalue weighted by Gasteiger charge is 2.45. The fraction of sp³-hybridized carbons (Fsp3) is 0.462. The van der Waals surface area contributed by atoms with Gasteiger partial charge in [0, 0.05) is 0 Å². The largest absolute Gasteiger partial charge is 0.472 e. The molecular weight excluding hydrogens is 356 g/mol. The number of aromatic nitrogens is 3. The maximum absolute atomic E-state index is 13.9. The first-order valence-corrected chi connectivity index (χ1v) is 8.71. The molecule has 2 aromatic rings. The van der Waals surface area contributed by atoms with Gasteiger partial charge in [0.1, 0.15) is 30.7 Å². The summed E-state index contributed by atoms with van der Waals surface area (Å²) in [6.45, 7) is -0.0643. The second-order valence-corrected chi connectivity index (χ2v) is 6.87. The lowest BCUT2D eigenvalue weighted by atomic mass is 10.0. The smallest absolute Gasteiger partial charge is 0.382 e. The lowest BCUT2D eigenvalue weighted by Crippen LogP contribution is -2.45. The molecule has 0 aromatic carbocycles. The number of phosphoric acid groups is 1. The van der Waals surface area contributed by atoms with E-state index in [9.17, 15) is 19.1 Å². The molecule has 12 heteroatoms. The Morgan fingerprint density at radius 2 is 2.44 bits per heavy atom. The molecule has 0 spiro atoms. The number of nitrogen functional groups attached to an aromatic ring is 1. The SMILES string of the molecule is CC1OP(=O)(O)OC[C@H]1O[C@](C#N)(CF)c1ccc2c(N)ncnn12. The molecule has 4 atom stereocenters. The van der Waals surface area contributed by atoms with Gasteiger partial charge in [0.2, 0.25) is 5.60 Å². The van der Waals surface area contributed by atoms with Crippen molar-refractivity contribution in [2.45, 2.75) is 24.7 Å². The number of hydrogen-bond donors (Lipinski definition) is 2. The van der Waals surface area contributed by atoms with Crippen LogP contribution >= 0.6 is 7.82 Å². The zero-order valence-electron chi connectivity index (χ0n) is 13.1. The maximum atomic E-state index is 13.9. The van der Waals surface area contributed by atoms with Crippen LogP contribution in [0.1, 0.15) is 12.6 Å². The van der Waals surface area contributed by atoms with Gasteiger partial charge >= 0.3 is 7.82 Å². The van der Waals surface area contributed by atoms with E-state index in [2.05, 4.69) is 14.6 Å². The number of fused-ring (bicyclic) bond motifs is 1. The minimum Gasteiger partial charge on any atom is -0.382 e. The molecule has 2 unspecified atom stereocenters. The van der Waals surface area contributed by atoms with Crippen LogP contribution in [0.25, 0.3) is 5.52 Å². The van der Waals surface area contributed by atoms with Crippen LogP contribution < -0.4 is 5.73 Å². The summed E-state index contributed by atoms with van der Waals surface area (Å²) in [6, 6.07) is 4.80. The van der Waals surface area contributed by atoms with E-state index in [0.29, 0.717) is 5.52 Å². The number of nitrogens with two attached hydrogens (primary N) is 1. The van der Waals surface area contributed by atoms with Crippen LogP contribution in [0.2, 0.25) is 0 Å². The van der Waals surface area contributed by atoms with Crippen LogP contribution in [0.4, 0.5) is 10.2 Å². The normalized spacial score (nSPS) is 29.2. The molecule has 3 heterocycles. The summed E-state index contributed by atoms with van der Waals surface area (Å²) in [7, 11) is -4.17. The summed E-state index contributed by atoms with van der Waals surface area (Å²) in [5.41, 5.74) is 4.20. The summed E-state index contributed by atoms with van der Waals surface area (Å²) in [4.78, 5) is 13.1. The van der Waals surface area contributed by atoms with Gasteiger partial charge in [0.05, 0.1) is 18.4 Å². The quantitative estimate of drug-likeness (QED) is 0.749. The number of alkyl halides is 1. The number of nitriles is 1. The Morgan fingerprint density at radius 1 is 1.68 bits per heavy atom. The van der Waals surface area contributed by atoms with Gasteiger partial charge in [-0.2, -0.15) is 10.4 Å². The molecule has 1 fully saturated rings. The number of rotatable bonds is 4. The molecule has 1 saturated heterocycles. The second kappa shape index (κ2) is 6.33. The van der Waals surface area contributed by atoms with E-state index >= 15 is 0 Å². The molecule has 0 saturated carbocycles. The number of halogens is 1. The van der Waals surface area contributed by atoms with Gasteiger partial charge in [0.15, 0.2) is 5.82 Å². The van der Waals surface area contributed by atoms with Gasteiger partial charge in [-0.05, 0) is 19.1 Å². The van der Waals surface area contributed by atoms with Gasteiger partial charge in [-0.1, -0.05) is 0 Å². The number of hydrogen-bond acceptors (Lipinski definition) is 8. The average Bonchev–Trinajstić information content (AvgIpc) is 3.00. The van der Waals surface area contributed by atoms with Crippen molar-refractivity contribution in [3.8, 4) is 6.07 Å². The Labute approximate surface area is 141 Å². The number of nitrogens with zero attached hydrogens (tertiary/aromatic N) is 4. The van der Waals surface area contributed by atoms with E-state index in [4.69, 9.17) is 15.0 Å². The highest BCUT2D eigenvalue weighted by atomic mass is 31.2. The third-order valence-electron chi connectivity index (χ3n) is 3.84. The lowest BCUT2D eigenvalue weighted by Gasteiger charge is -2.35. The Kier molecular flexibility index (Phi) is 4.49. The molecule has 2 aromatic heterocycles. The number of phosphoric ester groups is 1. The first-order valence-electron chi connectivity index (χ1n) is 7.21. The first-order chi connectivity index (χ1) is 11.8. The van der Waals surface area contributed by atoms with Crippen LogP contribution in [-0.4, -0.2) is 45.0 Å². The van der Waals surface area contributed by atoms with Crippen molar-refractivity contribution in [3.05, 3.63) is 24.2 Å². The molecule has 0 radical (unpaired) electrons. The monoisotopic (exact) mass is 371 g/mol. The fourth-order valence-corrected chi connectivity index (χ4v) is 3.48. The lowest BCUT2D eigenvalue weighted by molar-refractivity contribution is -0.148. The topological polar surface area (TPSA) is 145 Å². The molecule has 25 heavy (non-hydrogen) atoms. The van der Waals surface area contributed by atoms with Crippen molar-refractivity contribution in [2.75, 3.05) is 19.0 Å². The van der Waals surface area contributed by atoms with Crippen molar-refractivity contribution < 1.29 is 27.6 Å². The number of ether oxygens (including phenoxy) is 1. The predicted octanol–water partition coefficient (Wildman–Crippen LogP) is 0.921. The Hall–Kier alpha value is -2.09. The minimum absolute atomic E-state index is 0.103. The average molecular weight is 371 g/mol. The molecule has 134 valence electrons. The standard InChI is InChI=1S/C13H15FN5O5P/c1-8-10(4-22-25(20,21)24-8)23-13(5-14,6-15)11-3-2-9-12(16)17-7-18-19(9)11/h2-3,7-8,10H,4-5H2,1H3,(H,20,21)(H2,16,17,18)/t8?,10-,13+/m1/s1. The summed E-state index contributed by atoms with van der Waals surface area (Å²) < 4.78 is 41.7. The third-order valence-corrected chi connectivity index (χ3v) is 4.92. The molecule has 3 rings (SSSR count). The van der Waals surface area contributed by atoms with Crippen LogP contribution in [0.15, 0.2) is 18.5 Å². The zero-order valence-corrected chi connectivity index (χ0v) is 14.0. The fourth-order valence-electron chi connectivity index (χ4n) is 2.53. The summed E-state index contributed by atoms with van der Waals surface area (Å²) >= 11 is 0. The Balaban J connectivity index is 1.98. The minimum atomic E-state index is -4.17. The van der Waals surface area contributed by atoms with Crippen LogP contribution in [0.3, 0.4) is 0 Å². The van der Waals surface area contributed by atoms with Crippen molar-refractivity contribution in [3.63, 3.8) is 0 Å². The van der Waals surface area contributed by atoms with Crippen molar-refractivity contribution in [1.29, 1.82) is 5.26 Å². The molecule has 0 bridgehead atoms. The van der Waals surface area contributed by atoms with Gasteiger partial charge in [0.25, 0.3) is 0 Å². The Morgan fingerprint density at radius 3 is 3.08 bits per heavy atom. The molecule has 0 amide bonds. The zero-order chi connectivity index (χ0) is 18.2. The summed E-state index contributed by atoms with van der Waals surface area (Å²) in [5, 5.41) is 13.6. The molecule has 1 aliphatic heterocycles. The number of anilines is 1. The van der Waals surface area contributed by atoms with Crippen molar-refractivity contribution in [1.82, 2.24) is 14.6 Å². The summed E-state index contributed by atoms with van der Waals surface area (Å²) in [5.74, 6) is 0.158. The highest BCUT2D eigenvalue weighted by molar-refractivity contribution is 7.47. The molecular formula is C13H15FN5O5P. The summed E-state index contributed by atoms with van der Waals surface area (Å²) in [6.07, 6.45) is -0.673. The second-order valence-electron chi connectivity index (χ2n) is 5.46. The van der Waals surface area contributed by atoms with E-state index in [1.54, 1.807) is 6.07 Å². The first kappa shape index (κ1) is 17.7. The van der Waals surface area contributed by atoms with E-state index in [0.717, 1.165) is 0 Å². The third kappa shape index (κ3) is 3.10. The van der Waals surface area contributed by atoms with E-state index in [-0.39, 0.29) is 18.1 Å². The van der Waals surface area contributed by atoms with E-state index < -0.39 is 32.3 Å². The van der Waals surface area contributed by atoms with Crippen LogP contribution in [0, 0.1) is 11.3 Å². The van der Waals surface area contributed by atoms with E-state index in [1.165, 1.54) is 29.9 Å². The van der Waals surface area contributed by atoms with Crippen LogP contribution in [0.5, 0.6) is 0 Å². The van der Waals surface area contributed by atoms with Crippen LogP contribution in [-0.2, 0) is 24.0 Å². The Bertz CT molecular complexity index is 885. The van der Waals surface area contributed by atoms with Crippen molar-refractivity contribution in [2.24, 2.45) is 0 Å². The highest BCUT2D eigenvalue weighted by Crippen LogP contribution is 2.49. The van der Waals surface area contributed by atoms with Gasteiger partial charge in [-0.15, -0.1) is 0 Å². The molecule has 3 N–H and O–H groups in total. The van der Waals surface area contributed by atoms with E-state index in [1.807, 2.05) is 0 Å². The maximum Gasteiger partial charge on any atom is 0.472 e. The van der Waals surface area contributed by atoms with Gasteiger partial charge in [-0.3, -0.25) is 9.05 Å². The van der Waals surface area contributed by atoms with Crippen molar-refractivity contribution >= 4 is 19.2 Å². The molecule has 0 aliphatic carbocycles. The molecule has 1 aliphatic rings. The molecule has 10 nitrogen and oxygen atoms in total. The van der Waals surface area contributed by atoms with Gasteiger partial charge in [-0.25, -0.2) is 18.5 Å². The van der Waals surface area contributed by atoms with Gasteiger partial charge < -0.3 is 15.4 Å².